The first-order valence-electron chi connectivity index (χ1n) is 7.88. The molecule has 0 unspecified atom stereocenters. The topological polar surface area (TPSA) is 64.7 Å². The monoisotopic (exact) mass is 303 g/mol. The summed E-state index contributed by atoms with van der Waals surface area (Å²) < 4.78 is 3.71. The van der Waals surface area contributed by atoms with Crippen molar-refractivity contribution in [1.82, 2.24) is 24.9 Å². The van der Waals surface area contributed by atoms with Gasteiger partial charge in [-0.2, -0.15) is 10.2 Å². The standard InChI is InChI=1S/C16H25N5O/c1-5-15(21-11-7-9-18-21)16(22)17-10-8-14-12(3)19-20(6-2)13(14)4/h7,9,11,15H,5-6,8,10H2,1-4H3,(H,17,22)/t15-/m1/s1. The van der Waals surface area contributed by atoms with Crippen LogP contribution in [-0.4, -0.2) is 32.0 Å². The fourth-order valence-corrected chi connectivity index (χ4v) is 2.79. The van der Waals surface area contributed by atoms with Gasteiger partial charge in [-0.15, -0.1) is 0 Å². The van der Waals surface area contributed by atoms with Crippen molar-refractivity contribution in [2.75, 3.05) is 6.54 Å². The van der Waals surface area contributed by atoms with E-state index in [1.807, 2.05) is 30.8 Å². The van der Waals surface area contributed by atoms with Crippen LogP contribution in [0.1, 0.15) is 43.3 Å². The highest BCUT2D eigenvalue weighted by atomic mass is 16.2. The van der Waals surface area contributed by atoms with Crippen molar-refractivity contribution in [1.29, 1.82) is 0 Å². The van der Waals surface area contributed by atoms with Gasteiger partial charge in [0, 0.05) is 31.2 Å². The molecule has 0 aromatic carbocycles. The van der Waals surface area contributed by atoms with Crippen LogP contribution in [0.15, 0.2) is 18.5 Å². The molecule has 1 amide bonds. The largest absolute Gasteiger partial charge is 0.354 e. The third-order valence-electron chi connectivity index (χ3n) is 4.04. The minimum atomic E-state index is -0.240. The molecule has 6 heteroatoms. The van der Waals surface area contributed by atoms with Gasteiger partial charge in [0.2, 0.25) is 5.91 Å². The first-order valence-corrected chi connectivity index (χ1v) is 7.88. The van der Waals surface area contributed by atoms with Crippen molar-refractivity contribution in [2.45, 2.75) is 53.1 Å². The van der Waals surface area contributed by atoms with E-state index in [4.69, 9.17) is 0 Å². The van der Waals surface area contributed by atoms with Gasteiger partial charge in [0.15, 0.2) is 0 Å². The maximum absolute atomic E-state index is 12.3. The molecule has 1 atom stereocenters. The smallest absolute Gasteiger partial charge is 0.244 e. The molecule has 0 spiro atoms. The van der Waals surface area contributed by atoms with Gasteiger partial charge in [-0.3, -0.25) is 14.2 Å². The molecule has 6 nitrogen and oxygen atoms in total. The van der Waals surface area contributed by atoms with Crippen LogP contribution in [0.25, 0.3) is 0 Å². The Bertz CT molecular complexity index is 615. The number of rotatable bonds is 7. The molecule has 2 heterocycles. The molecule has 1 N–H and O–H groups in total. The quantitative estimate of drug-likeness (QED) is 0.851. The summed E-state index contributed by atoms with van der Waals surface area (Å²) in [7, 11) is 0. The zero-order valence-corrected chi connectivity index (χ0v) is 13.8. The summed E-state index contributed by atoms with van der Waals surface area (Å²) in [4.78, 5) is 12.3. The second-order valence-corrected chi connectivity index (χ2v) is 5.42. The maximum Gasteiger partial charge on any atom is 0.244 e. The fraction of sp³-hybridized carbons (Fsp3) is 0.562. The zero-order chi connectivity index (χ0) is 16.1. The van der Waals surface area contributed by atoms with Gasteiger partial charge in [-0.1, -0.05) is 6.92 Å². The molecular weight excluding hydrogens is 278 g/mol. The fourth-order valence-electron chi connectivity index (χ4n) is 2.79. The number of nitrogens with zero attached hydrogens (tertiary/aromatic N) is 4. The minimum absolute atomic E-state index is 0.0180. The van der Waals surface area contributed by atoms with Crippen molar-refractivity contribution in [3.8, 4) is 0 Å². The molecule has 0 radical (unpaired) electrons. The van der Waals surface area contributed by atoms with Crippen molar-refractivity contribution in [3.63, 3.8) is 0 Å². The zero-order valence-electron chi connectivity index (χ0n) is 13.8. The Hall–Kier alpha value is -2.11. The molecule has 0 bridgehead atoms. The lowest BCUT2D eigenvalue weighted by molar-refractivity contribution is -0.124. The average Bonchev–Trinajstić information content (AvgIpc) is 3.11. The Balaban J connectivity index is 1.93. The number of hydrogen-bond donors (Lipinski definition) is 1. The summed E-state index contributed by atoms with van der Waals surface area (Å²) in [5.74, 6) is 0.0180. The van der Waals surface area contributed by atoms with Crippen LogP contribution in [0.2, 0.25) is 0 Å². The highest BCUT2D eigenvalue weighted by Crippen LogP contribution is 2.14. The summed E-state index contributed by atoms with van der Waals surface area (Å²) in [6.45, 7) is 9.67. The Labute approximate surface area is 131 Å². The number of aryl methyl sites for hydroxylation is 2. The summed E-state index contributed by atoms with van der Waals surface area (Å²) in [5, 5.41) is 11.7. The predicted octanol–water partition coefficient (Wildman–Crippen LogP) is 2.03. The van der Waals surface area contributed by atoms with Gasteiger partial charge in [-0.25, -0.2) is 0 Å². The SMILES string of the molecule is CC[C@H](C(=O)NCCc1c(C)nn(CC)c1C)n1cccn1. The van der Waals surface area contributed by atoms with Gasteiger partial charge < -0.3 is 5.32 Å². The van der Waals surface area contributed by atoms with E-state index in [0.29, 0.717) is 6.54 Å². The van der Waals surface area contributed by atoms with E-state index in [-0.39, 0.29) is 11.9 Å². The minimum Gasteiger partial charge on any atom is -0.354 e. The van der Waals surface area contributed by atoms with Crippen molar-refractivity contribution < 1.29 is 4.79 Å². The third-order valence-corrected chi connectivity index (χ3v) is 4.04. The highest BCUT2D eigenvalue weighted by molar-refractivity contribution is 5.80. The number of aromatic nitrogens is 4. The molecular formula is C16H25N5O. The van der Waals surface area contributed by atoms with E-state index in [9.17, 15) is 4.79 Å². The lowest BCUT2D eigenvalue weighted by Gasteiger charge is -2.15. The normalized spacial score (nSPS) is 12.4. The average molecular weight is 303 g/mol. The van der Waals surface area contributed by atoms with Gasteiger partial charge >= 0.3 is 0 Å². The molecule has 0 fully saturated rings. The molecule has 0 saturated carbocycles. The number of amides is 1. The van der Waals surface area contributed by atoms with Gasteiger partial charge in [-0.05, 0) is 45.2 Å². The molecule has 2 aromatic rings. The molecule has 2 aromatic heterocycles. The third kappa shape index (κ3) is 3.37. The van der Waals surface area contributed by atoms with Gasteiger partial charge in [0.05, 0.1) is 5.69 Å². The predicted molar refractivity (Wildman–Crippen MR) is 85.6 cm³/mol. The molecule has 2 rings (SSSR count). The van der Waals surface area contributed by atoms with E-state index in [1.165, 1.54) is 11.3 Å². The lowest BCUT2D eigenvalue weighted by Crippen LogP contribution is -2.34. The Morgan fingerprint density at radius 3 is 2.68 bits per heavy atom. The highest BCUT2D eigenvalue weighted by Gasteiger charge is 2.18. The molecule has 22 heavy (non-hydrogen) atoms. The Morgan fingerprint density at radius 1 is 1.36 bits per heavy atom. The summed E-state index contributed by atoms with van der Waals surface area (Å²) in [6.07, 6.45) is 5.05. The van der Waals surface area contributed by atoms with Gasteiger partial charge in [0.1, 0.15) is 6.04 Å². The Morgan fingerprint density at radius 2 is 2.14 bits per heavy atom. The van der Waals surface area contributed by atoms with Crippen molar-refractivity contribution in [3.05, 3.63) is 35.4 Å². The van der Waals surface area contributed by atoms with Crippen molar-refractivity contribution >= 4 is 5.91 Å². The van der Waals surface area contributed by atoms with E-state index in [1.54, 1.807) is 10.9 Å². The Kier molecular flexibility index (Phi) is 5.35. The van der Waals surface area contributed by atoms with Crippen LogP contribution < -0.4 is 5.32 Å². The van der Waals surface area contributed by atoms with Crippen LogP contribution >= 0.6 is 0 Å². The molecule has 0 aliphatic heterocycles. The van der Waals surface area contributed by atoms with E-state index in [0.717, 1.165) is 25.1 Å². The number of carbonyl (C=O) groups is 1. The van der Waals surface area contributed by atoms with E-state index in [2.05, 4.69) is 29.4 Å². The van der Waals surface area contributed by atoms with E-state index < -0.39 is 0 Å². The lowest BCUT2D eigenvalue weighted by atomic mass is 10.1. The van der Waals surface area contributed by atoms with Crippen molar-refractivity contribution in [2.24, 2.45) is 0 Å². The van der Waals surface area contributed by atoms with Crippen LogP contribution in [0.5, 0.6) is 0 Å². The summed E-state index contributed by atoms with van der Waals surface area (Å²) >= 11 is 0. The first kappa shape index (κ1) is 16.3. The molecule has 0 aliphatic rings. The number of nitrogens with one attached hydrogen (secondary N) is 1. The van der Waals surface area contributed by atoms with Gasteiger partial charge in [0.25, 0.3) is 0 Å². The summed E-state index contributed by atoms with van der Waals surface area (Å²) in [6, 6.07) is 1.59. The number of carbonyl (C=O) groups excluding carboxylic acids is 1. The van der Waals surface area contributed by atoms with Crippen LogP contribution in [0.3, 0.4) is 0 Å². The molecule has 120 valence electrons. The summed E-state index contributed by atoms with van der Waals surface area (Å²) in [5.41, 5.74) is 3.47. The maximum atomic E-state index is 12.3. The van der Waals surface area contributed by atoms with Crippen LogP contribution in [-0.2, 0) is 17.8 Å². The van der Waals surface area contributed by atoms with Crippen LogP contribution in [0, 0.1) is 13.8 Å². The second kappa shape index (κ2) is 7.24. The molecule has 0 saturated heterocycles. The number of hydrogen-bond acceptors (Lipinski definition) is 3. The molecule has 0 aliphatic carbocycles. The second-order valence-electron chi connectivity index (χ2n) is 5.42. The van der Waals surface area contributed by atoms with Crippen LogP contribution in [0.4, 0.5) is 0 Å². The van der Waals surface area contributed by atoms with E-state index >= 15 is 0 Å². The first-order chi connectivity index (χ1) is 10.6.